The molecule has 0 saturated heterocycles. The number of hydrogen-bond donors (Lipinski definition) is 1. The van der Waals surface area contributed by atoms with Gasteiger partial charge >= 0.3 is 0 Å². The smallest absolute Gasteiger partial charge is 0.150 e. The molecular weight excluding hydrogens is 220 g/mol. The average Bonchev–Trinajstić information content (AvgIpc) is 2.29. The highest BCUT2D eigenvalue weighted by Crippen LogP contribution is 2.25. The fourth-order valence-corrected chi connectivity index (χ4v) is 2.49. The molecule has 0 radical (unpaired) electrons. The second-order valence-electron chi connectivity index (χ2n) is 3.79. The van der Waals surface area contributed by atoms with E-state index in [1.54, 1.807) is 24.8 Å². The second kappa shape index (κ2) is 6.71. The number of unbranched alkanes of at least 4 members (excludes halogenated alkanes) is 1. The van der Waals surface area contributed by atoms with Crippen molar-refractivity contribution in [3.05, 3.63) is 29.3 Å². The van der Waals surface area contributed by atoms with E-state index in [1.807, 2.05) is 12.1 Å². The molecule has 0 amide bonds. The molecule has 0 spiro atoms. The van der Waals surface area contributed by atoms with Gasteiger partial charge in [-0.15, -0.1) is 11.8 Å². The third-order valence-electron chi connectivity index (χ3n) is 2.40. The predicted molar refractivity (Wildman–Crippen MR) is 68.1 cm³/mol. The SMILES string of the molecule is CCCCSc1ccc(C=O)c(C(C)O)c1. The number of carbonyl (C=O) groups excluding carboxylic acids is 1. The molecule has 0 aromatic heterocycles. The Morgan fingerprint density at radius 2 is 2.25 bits per heavy atom. The molecule has 0 aliphatic rings. The van der Waals surface area contributed by atoms with Gasteiger partial charge in [0, 0.05) is 10.5 Å². The summed E-state index contributed by atoms with van der Waals surface area (Å²) in [6.07, 6.45) is 2.57. The van der Waals surface area contributed by atoms with Crippen molar-refractivity contribution >= 4 is 18.0 Å². The normalized spacial score (nSPS) is 12.4. The zero-order chi connectivity index (χ0) is 12.0. The maximum absolute atomic E-state index is 10.8. The average molecular weight is 238 g/mol. The monoisotopic (exact) mass is 238 g/mol. The van der Waals surface area contributed by atoms with Crippen LogP contribution in [-0.2, 0) is 0 Å². The molecule has 0 aliphatic carbocycles. The maximum atomic E-state index is 10.8. The molecule has 0 saturated carbocycles. The molecule has 0 heterocycles. The van der Waals surface area contributed by atoms with Crippen LogP contribution in [0.3, 0.4) is 0 Å². The van der Waals surface area contributed by atoms with E-state index in [4.69, 9.17) is 0 Å². The van der Waals surface area contributed by atoms with Crippen molar-refractivity contribution in [2.75, 3.05) is 5.75 Å². The van der Waals surface area contributed by atoms with E-state index in [9.17, 15) is 9.90 Å². The van der Waals surface area contributed by atoms with Gasteiger partial charge in [0.05, 0.1) is 6.10 Å². The van der Waals surface area contributed by atoms with Gasteiger partial charge in [-0.1, -0.05) is 19.4 Å². The highest BCUT2D eigenvalue weighted by atomic mass is 32.2. The van der Waals surface area contributed by atoms with E-state index < -0.39 is 6.10 Å². The minimum Gasteiger partial charge on any atom is -0.389 e. The van der Waals surface area contributed by atoms with Gasteiger partial charge in [-0.05, 0) is 36.8 Å². The Bertz CT molecular complexity index is 348. The lowest BCUT2D eigenvalue weighted by Gasteiger charge is -2.10. The van der Waals surface area contributed by atoms with Gasteiger partial charge in [0.2, 0.25) is 0 Å². The summed E-state index contributed by atoms with van der Waals surface area (Å²) in [5, 5.41) is 9.56. The standard InChI is InChI=1S/C13H18O2S/c1-3-4-7-16-12-6-5-11(9-14)13(8-12)10(2)15/h5-6,8-10,15H,3-4,7H2,1-2H3. The molecule has 0 aliphatic heterocycles. The molecule has 0 fully saturated rings. The summed E-state index contributed by atoms with van der Waals surface area (Å²) in [4.78, 5) is 11.9. The summed E-state index contributed by atoms with van der Waals surface area (Å²) >= 11 is 1.77. The topological polar surface area (TPSA) is 37.3 Å². The van der Waals surface area contributed by atoms with Crippen molar-refractivity contribution in [3.8, 4) is 0 Å². The van der Waals surface area contributed by atoms with Crippen LogP contribution < -0.4 is 0 Å². The minimum absolute atomic E-state index is 0.579. The molecule has 16 heavy (non-hydrogen) atoms. The van der Waals surface area contributed by atoms with Crippen LogP contribution in [0.5, 0.6) is 0 Å². The Morgan fingerprint density at radius 1 is 1.50 bits per heavy atom. The number of rotatable bonds is 6. The van der Waals surface area contributed by atoms with Crippen molar-refractivity contribution in [1.82, 2.24) is 0 Å². The van der Waals surface area contributed by atoms with Crippen LogP contribution in [-0.4, -0.2) is 17.1 Å². The molecule has 1 N–H and O–H groups in total. The van der Waals surface area contributed by atoms with Crippen molar-refractivity contribution in [2.45, 2.75) is 37.7 Å². The number of aliphatic hydroxyl groups is 1. The minimum atomic E-state index is -0.591. The fraction of sp³-hybridized carbons (Fsp3) is 0.462. The van der Waals surface area contributed by atoms with Crippen LogP contribution in [0.15, 0.2) is 23.1 Å². The van der Waals surface area contributed by atoms with Crippen LogP contribution >= 0.6 is 11.8 Å². The molecular formula is C13H18O2S. The van der Waals surface area contributed by atoms with Crippen molar-refractivity contribution in [1.29, 1.82) is 0 Å². The zero-order valence-electron chi connectivity index (χ0n) is 9.77. The molecule has 3 heteroatoms. The van der Waals surface area contributed by atoms with Crippen LogP contribution in [0.4, 0.5) is 0 Å². The third-order valence-corrected chi connectivity index (χ3v) is 3.48. The first kappa shape index (κ1) is 13.3. The van der Waals surface area contributed by atoms with E-state index in [-0.39, 0.29) is 0 Å². The summed E-state index contributed by atoms with van der Waals surface area (Å²) < 4.78 is 0. The van der Waals surface area contributed by atoms with E-state index in [0.29, 0.717) is 5.56 Å². The quantitative estimate of drug-likeness (QED) is 0.468. The number of benzene rings is 1. The highest BCUT2D eigenvalue weighted by molar-refractivity contribution is 7.99. The Hall–Kier alpha value is -0.800. The van der Waals surface area contributed by atoms with E-state index in [1.165, 1.54) is 12.8 Å². The molecule has 1 aromatic rings. The van der Waals surface area contributed by atoms with Gasteiger partial charge in [-0.2, -0.15) is 0 Å². The van der Waals surface area contributed by atoms with Gasteiger partial charge < -0.3 is 5.11 Å². The Kier molecular flexibility index (Phi) is 5.56. The lowest BCUT2D eigenvalue weighted by molar-refractivity contribution is 0.111. The summed E-state index contributed by atoms with van der Waals surface area (Å²) in [6, 6.07) is 5.63. The van der Waals surface area contributed by atoms with Crippen molar-refractivity contribution < 1.29 is 9.90 Å². The number of carbonyl (C=O) groups is 1. The Morgan fingerprint density at radius 3 is 2.81 bits per heavy atom. The molecule has 1 rings (SSSR count). The zero-order valence-corrected chi connectivity index (χ0v) is 10.6. The first-order valence-electron chi connectivity index (χ1n) is 5.59. The molecule has 1 unspecified atom stereocenters. The van der Waals surface area contributed by atoms with Gasteiger partial charge in [0.25, 0.3) is 0 Å². The third kappa shape index (κ3) is 3.65. The first-order chi connectivity index (χ1) is 7.69. The molecule has 2 nitrogen and oxygen atoms in total. The number of hydrogen-bond acceptors (Lipinski definition) is 3. The van der Waals surface area contributed by atoms with Crippen LogP contribution in [0.2, 0.25) is 0 Å². The molecule has 0 bridgehead atoms. The van der Waals surface area contributed by atoms with Gasteiger partial charge in [-0.25, -0.2) is 0 Å². The van der Waals surface area contributed by atoms with Gasteiger partial charge in [-0.3, -0.25) is 4.79 Å². The Balaban J connectivity index is 2.80. The summed E-state index contributed by atoms with van der Waals surface area (Å²) in [7, 11) is 0. The first-order valence-corrected chi connectivity index (χ1v) is 6.57. The molecule has 1 aromatic carbocycles. The predicted octanol–water partition coefficient (Wildman–Crippen LogP) is 3.44. The van der Waals surface area contributed by atoms with Crippen molar-refractivity contribution in [3.63, 3.8) is 0 Å². The van der Waals surface area contributed by atoms with Gasteiger partial charge in [0.1, 0.15) is 6.29 Å². The summed E-state index contributed by atoms with van der Waals surface area (Å²) in [6.45, 7) is 3.85. The van der Waals surface area contributed by atoms with E-state index in [0.717, 1.165) is 22.5 Å². The molecule has 88 valence electrons. The van der Waals surface area contributed by atoms with Gasteiger partial charge in [0.15, 0.2) is 0 Å². The van der Waals surface area contributed by atoms with Crippen LogP contribution in [0.1, 0.15) is 48.7 Å². The largest absolute Gasteiger partial charge is 0.389 e. The Labute approximate surface area is 101 Å². The number of aliphatic hydroxyl groups excluding tert-OH is 1. The summed E-state index contributed by atoms with van der Waals surface area (Å²) in [5.74, 6) is 1.08. The highest BCUT2D eigenvalue weighted by Gasteiger charge is 2.08. The number of thioether (sulfide) groups is 1. The molecule has 1 atom stereocenters. The maximum Gasteiger partial charge on any atom is 0.150 e. The number of aldehydes is 1. The van der Waals surface area contributed by atoms with Crippen LogP contribution in [0.25, 0.3) is 0 Å². The lowest BCUT2D eigenvalue weighted by Crippen LogP contribution is -1.97. The lowest BCUT2D eigenvalue weighted by atomic mass is 10.0. The summed E-state index contributed by atoms with van der Waals surface area (Å²) in [5.41, 5.74) is 1.30. The fourth-order valence-electron chi connectivity index (χ4n) is 1.45. The van der Waals surface area contributed by atoms with Crippen LogP contribution in [0, 0.1) is 0 Å². The van der Waals surface area contributed by atoms with E-state index >= 15 is 0 Å². The van der Waals surface area contributed by atoms with Crippen molar-refractivity contribution in [2.24, 2.45) is 0 Å². The second-order valence-corrected chi connectivity index (χ2v) is 4.95. The van der Waals surface area contributed by atoms with E-state index in [2.05, 4.69) is 6.92 Å².